The fourth-order valence-corrected chi connectivity index (χ4v) is 2.56. The van der Waals surface area contributed by atoms with E-state index in [0.717, 1.165) is 0 Å². The standard InChI is InChI=1S/C21H23ClN2O4/c1-4-12-24(13-5-2)21(26)15(3)23-20(25)19-11-10-18(28-19)14-27-17-8-6-16(22)7-9-17/h4-11,15H,1-2,12-14H2,3H3,(H,23,25). The molecule has 2 amide bonds. The number of rotatable bonds is 10. The van der Waals surface area contributed by atoms with E-state index in [2.05, 4.69) is 18.5 Å². The van der Waals surface area contributed by atoms with Gasteiger partial charge in [-0.15, -0.1) is 13.2 Å². The van der Waals surface area contributed by atoms with Crippen LogP contribution < -0.4 is 10.1 Å². The summed E-state index contributed by atoms with van der Waals surface area (Å²) < 4.78 is 11.1. The Balaban J connectivity index is 1.91. The first kappa shape index (κ1) is 21.3. The van der Waals surface area contributed by atoms with Crippen molar-refractivity contribution in [3.63, 3.8) is 0 Å². The lowest BCUT2D eigenvalue weighted by Crippen LogP contribution is -2.47. The van der Waals surface area contributed by atoms with E-state index in [0.29, 0.717) is 29.6 Å². The van der Waals surface area contributed by atoms with Crippen molar-refractivity contribution in [2.45, 2.75) is 19.6 Å². The summed E-state index contributed by atoms with van der Waals surface area (Å²) >= 11 is 5.83. The third-order valence-corrected chi connectivity index (χ3v) is 4.06. The van der Waals surface area contributed by atoms with E-state index in [1.807, 2.05) is 0 Å². The van der Waals surface area contributed by atoms with Crippen LogP contribution in [0.1, 0.15) is 23.2 Å². The van der Waals surface area contributed by atoms with Crippen LogP contribution in [0.2, 0.25) is 5.02 Å². The molecule has 6 nitrogen and oxygen atoms in total. The molecular formula is C21H23ClN2O4. The summed E-state index contributed by atoms with van der Waals surface area (Å²) in [6, 6.07) is 9.40. The van der Waals surface area contributed by atoms with Crippen LogP contribution in [-0.2, 0) is 11.4 Å². The van der Waals surface area contributed by atoms with Gasteiger partial charge in [0, 0.05) is 18.1 Å². The Labute approximate surface area is 169 Å². The normalized spacial score (nSPS) is 11.4. The predicted molar refractivity (Wildman–Crippen MR) is 108 cm³/mol. The van der Waals surface area contributed by atoms with Crippen LogP contribution in [0.4, 0.5) is 0 Å². The second-order valence-electron chi connectivity index (χ2n) is 6.02. The smallest absolute Gasteiger partial charge is 0.287 e. The number of ether oxygens (including phenoxy) is 1. The number of carbonyl (C=O) groups is 2. The lowest BCUT2D eigenvalue weighted by atomic mass is 10.2. The molecule has 0 aliphatic carbocycles. The highest BCUT2D eigenvalue weighted by molar-refractivity contribution is 6.30. The monoisotopic (exact) mass is 402 g/mol. The molecule has 2 aromatic rings. The van der Waals surface area contributed by atoms with Crippen molar-refractivity contribution >= 4 is 23.4 Å². The van der Waals surface area contributed by atoms with Crippen molar-refractivity contribution in [1.82, 2.24) is 10.2 Å². The van der Waals surface area contributed by atoms with Crippen molar-refractivity contribution in [1.29, 1.82) is 0 Å². The van der Waals surface area contributed by atoms with Crippen molar-refractivity contribution < 1.29 is 18.7 Å². The minimum atomic E-state index is -0.716. The van der Waals surface area contributed by atoms with Gasteiger partial charge in [-0.3, -0.25) is 9.59 Å². The highest BCUT2D eigenvalue weighted by Gasteiger charge is 2.22. The first-order chi connectivity index (χ1) is 13.4. The average Bonchev–Trinajstić information content (AvgIpc) is 3.16. The topological polar surface area (TPSA) is 71.8 Å². The van der Waals surface area contributed by atoms with Gasteiger partial charge >= 0.3 is 0 Å². The number of amides is 2. The van der Waals surface area contributed by atoms with Gasteiger partial charge in [0.25, 0.3) is 5.91 Å². The van der Waals surface area contributed by atoms with E-state index >= 15 is 0 Å². The van der Waals surface area contributed by atoms with Crippen LogP contribution in [0.5, 0.6) is 5.75 Å². The van der Waals surface area contributed by atoms with Crippen LogP contribution in [0.3, 0.4) is 0 Å². The second kappa shape index (κ2) is 10.4. The van der Waals surface area contributed by atoms with E-state index in [1.54, 1.807) is 60.4 Å². The molecule has 0 radical (unpaired) electrons. The summed E-state index contributed by atoms with van der Waals surface area (Å²) in [6.07, 6.45) is 3.24. The quantitative estimate of drug-likeness (QED) is 0.613. The number of hydrogen-bond donors (Lipinski definition) is 1. The van der Waals surface area contributed by atoms with Gasteiger partial charge in [0.1, 0.15) is 24.2 Å². The molecule has 2 rings (SSSR count). The predicted octanol–water partition coefficient (Wildman–Crippen LogP) is 3.83. The maximum atomic E-state index is 12.4. The van der Waals surface area contributed by atoms with Crippen LogP contribution in [0, 0.1) is 0 Å². The first-order valence-corrected chi connectivity index (χ1v) is 9.11. The fraction of sp³-hybridized carbons (Fsp3) is 0.238. The molecule has 28 heavy (non-hydrogen) atoms. The molecule has 0 aliphatic heterocycles. The van der Waals surface area contributed by atoms with Crippen LogP contribution in [0.25, 0.3) is 0 Å². The summed E-state index contributed by atoms with van der Waals surface area (Å²) in [7, 11) is 0. The van der Waals surface area contributed by atoms with Gasteiger partial charge in [0.15, 0.2) is 5.76 Å². The Kier molecular flexibility index (Phi) is 7.89. The zero-order chi connectivity index (χ0) is 20.5. The third kappa shape index (κ3) is 6.03. The second-order valence-corrected chi connectivity index (χ2v) is 6.46. The maximum Gasteiger partial charge on any atom is 0.287 e. The number of nitrogens with zero attached hydrogens (tertiary/aromatic N) is 1. The summed E-state index contributed by atoms with van der Waals surface area (Å²) in [6.45, 7) is 9.79. The largest absolute Gasteiger partial charge is 0.486 e. The molecule has 0 aliphatic rings. The molecule has 1 atom stereocenters. The van der Waals surface area contributed by atoms with Gasteiger partial charge in [-0.05, 0) is 43.3 Å². The van der Waals surface area contributed by atoms with E-state index in [1.165, 1.54) is 0 Å². The molecule has 1 aromatic carbocycles. The molecule has 1 heterocycles. The number of halogens is 1. The van der Waals surface area contributed by atoms with Crippen LogP contribution in [0.15, 0.2) is 66.1 Å². The Hall–Kier alpha value is -2.99. The van der Waals surface area contributed by atoms with E-state index in [-0.39, 0.29) is 18.3 Å². The summed E-state index contributed by atoms with van der Waals surface area (Å²) in [5.74, 6) is 0.518. The number of nitrogens with one attached hydrogen (secondary N) is 1. The van der Waals surface area contributed by atoms with E-state index in [4.69, 9.17) is 20.8 Å². The van der Waals surface area contributed by atoms with Gasteiger partial charge in [-0.1, -0.05) is 23.8 Å². The molecule has 1 aromatic heterocycles. The van der Waals surface area contributed by atoms with E-state index in [9.17, 15) is 9.59 Å². The van der Waals surface area contributed by atoms with Crippen molar-refractivity contribution in [3.05, 3.63) is 78.3 Å². The first-order valence-electron chi connectivity index (χ1n) is 8.73. The molecule has 7 heteroatoms. The Morgan fingerprint density at radius 3 is 2.43 bits per heavy atom. The SMILES string of the molecule is C=CCN(CC=C)C(=O)C(C)NC(=O)c1ccc(COc2ccc(Cl)cc2)o1. The van der Waals surface area contributed by atoms with Gasteiger partial charge in [0.05, 0.1) is 0 Å². The molecule has 1 N–H and O–H groups in total. The van der Waals surface area contributed by atoms with Crippen molar-refractivity contribution in [2.24, 2.45) is 0 Å². The van der Waals surface area contributed by atoms with Crippen molar-refractivity contribution in [2.75, 3.05) is 13.1 Å². The molecule has 0 saturated carbocycles. The highest BCUT2D eigenvalue weighted by Crippen LogP contribution is 2.17. The minimum absolute atomic E-state index is 0.105. The Morgan fingerprint density at radius 1 is 1.18 bits per heavy atom. The molecule has 0 bridgehead atoms. The fourth-order valence-electron chi connectivity index (χ4n) is 2.43. The number of furan rings is 1. The molecular weight excluding hydrogens is 380 g/mol. The van der Waals surface area contributed by atoms with Crippen molar-refractivity contribution in [3.8, 4) is 5.75 Å². The maximum absolute atomic E-state index is 12.4. The Morgan fingerprint density at radius 2 is 1.82 bits per heavy atom. The average molecular weight is 403 g/mol. The molecule has 1 unspecified atom stereocenters. The third-order valence-electron chi connectivity index (χ3n) is 3.81. The van der Waals surface area contributed by atoms with Gasteiger partial charge in [0.2, 0.25) is 5.91 Å². The lowest BCUT2D eigenvalue weighted by molar-refractivity contribution is -0.131. The summed E-state index contributed by atoms with van der Waals surface area (Å²) in [4.78, 5) is 26.3. The summed E-state index contributed by atoms with van der Waals surface area (Å²) in [5, 5.41) is 3.26. The number of hydrogen-bond acceptors (Lipinski definition) is 4. The molecule has 0 fully saturated rings. The molecule has 0 spiro atoms. The van der Waals surface area contributed by atoms with Crippen LogP contribution >= 0.6 is 11.6 Å². The number of carbonyl (C=O) groups excluding carboxylic acids is 2. The lowest BCUT2D eigenvalue weighted by Gasteiger charge is -2.23. The zero-order valence-corrected chi connectivity index (χ0v) is 16.4. The van der Waals surface area contributed by atoms with E-state index < -0.39 is 11.9 Å². The van der Waals surface area contributed by atoms with Gasteiger partial charge in [-0.2, -0.15) is 0 Å². The zero-order valence-electron chi connectivity index (χ0n) is 15.7. The number of benzene rings is 1. The van der Waals surface area contributed by atoms with Crippen LogP contribution in [-0.4, -0.2) is 35.8 Å². The molecule has 148 valence electrons. The molecule has 0 saturated heterocycles. The van der Waals surface area contributed by atoms with Gasteiger partial charge in [-0.25, -0.2) is 0 Å². The summed E-state index contributed by atoms with van der Waals surface area (Å²) in [5.41, 5.74) is 0. The minimum Gasteiger partial charge on any atom is -0.486 e. The highest BCUT2D eigenvalue weighted by atomic mass is 35.5. The Bertz CT molecular complexity index is 819. The van der Waals surface area contributed by atoms with Gasteiger partial charge < -0.3 is 19.4 Å².